The zero-order chi connectivity index (χ0) is 21.9. The number of esters is 1. The third-order valence-electron chi connectivity index (χ3n) is 5.10. The maximum Gasteiger partial charge on any atom is 0.340 e. The fourth-order valence-electron chi connectivity index (χ4n) is 3.31. The molecule has 1 heterocycles. The summed E-state index contributed by atoms with van der Waals surface area (Å²) in [5, 5.41) is 0.0626. The molecule has 0 bridgehead atoms. The molecule has 0 saturated carbocycles. The van der Waals surface area contributed by atoms with Crippen LogP contribution in [0.2, 0.25) is 5.02 Å². The smallest absolute Gasteiger partial charge is 0.340 e. The molecule has 0 amide bonds. The van der Waals surface area contributed by atoms with Gasteiger partial charge in [-0.3, -0.25) is 4.79 Å². The first-order valence-corrected chi connectivity index (χ1v) is 11.6. The number of aryl methyl sites for hydroxylation is 1. The normalized spacial score (nSPS) is 16.1. The number of ether oxygens (including phenoxy) is 1. The molecule has 1 aliphatic heterocycles. The molecule has 30 heavy (non-hydrogen) atoms. The van der Waals surface area contributed by atoms with E-state index in [0.29, 0.717) is 18.7 Å². The van der Waals surface area contributed by atoms with Crippen LogP contribution in [-0.4, -0.2) is 43.7 Å². The SMILES string of the molecule is Cc1ccc(C(=O)C(C)OC(=O)c2cc(S(=O)(=O)N3CCCCC3)ccc2Cl)cc1. The van der Waals surface area contributed by atoms with Crippen LogP contribution >= 0.6 is 11.6 Å². The Hall–Kier alpha value is -2.22. The number of piperidine rings is 1. The Bertz CT molecular complexity index is 1040. The number of sulfonamides is 1. The molecule has 2 aromatic carbocycles. The molecule has 160 valence electrons. The summed E-state index contributed by atoms with van der Waals surface area (Å²) in [5.74, 6) is -1.19. The lowest BCUT2D eigenvalue weighted by Gasteiger charge is -2.26. The van der Waals surface area contributed by atoms with Gasteiger partial charge in [-0.25, -0.2) is 13.2 Å². The number of carbonyl (C=O) groups is 2. The van der Waals surface area contributed by atoms with Crippen molar-refractivity contribution in [2.45, 2.75) is 44.1 Å². The third kappa shape index (κ3) is 4.91. The molecule has 0 aromatic heterocycles. The van der Waals surface area contributed by atoms with Crippen LogP contribution in [0.5, 0.6) is 0 Å². The summed E-state index contributed by atoms with van der Waals surface area (Å²) in [6.07, 6.45) is 1.57. The molecule has 0 aliphatic carbocycles. The van der Waals surface area contributed by atoms with Crippen molar-refractivity contribution in [2.75, 3.05) is 13.1 Å². The zero-order valence-electron chi connectivity index (χ0n) is 16.9. The van der Waals surface area contributed by atoms with Gasteiger partial charge < -0.3 is 4.74 Å². The molecule has 8 heteroatoms. The predicted molar refractivity (Wildman–Crippen MR) is 114 cm³/mol. The second kappa shape index (κ2) is 9.29. The molecular weight excluding hydrogens is 426 g/mol. The number of Topliss-reactive ketones (excluding diaryl/α,β-unsaturated/α-hetero) is 1. The van der Waals surface area contributed by atoms with Crippen molar-refractivity contribution in [3.8, 4) is 0 Å². The quantitative estimate of drug-likeness (QED) is 0.486. The number of ketones is 1. The van der Waals surface area contributed by atoms with Gasteiger partial charge in [0.05, 0.1) is 15.5 Å². The van der Waals surface area contributed by atoms with E-state index >= 15 is 0 Å². The minimum atomic E-state index is -3.73. The monoisotopic (exact) mass is 449 g/mol. The van der Waals surface area contributed by atoms with Gasteiger partial charge in [-0.05, 0) is 44.9 Å². The van der Waals surface area contributed by atoms with Gasteiger partial charge in [-0.15, -0.1) is 0 Å². The highest BCUT2D eigenvalue weighted by Crippen LogP contribution is 2.26. The molecule has 1 aliphatic rings. The fourth-order valence-corrected chi connectivity index (χ4v) is 5.04. The van der Waals surface area contributed by atoms with E-state index in [1.165, 1.54) is 29.4 Å². The van der Waals surface area contributed by atoms with Crippen molar-refractivity contribution in [3.05, 3.63) is 64.2 Å². The van der Waals surface area contributed by atoms with Gasteiger partial charge in [0, 0.05) is 18.7 Å². The number of nitrogens with zero attached hydrogens (tertiary/aromatic N) is 1. The van der Waals surface area contributed by atoms with Crippen LogP contribution in [0.1, 0.15) is 52.5 Å². The standard InChI is InChI=1S/C22H24ClNO5S/c1-15-6-8-17(9-7-15)21(25)16(2)29-22(26)19-14-18(10-11-20(19)23)30(27,28)24-12-4-3-5-13-24/h6-11,14,16H,3-5,12-13H2,1-2H3. The van der Waals surface area contributed by atoms with Gasteiger partial charge in [0.15, 0.2) is 6.10 Å². The van der Waals surface area contributed by atoms with Crippen LogP contribution in [-0.2, 0) is 14.8 Å². The molecule has 0 spiro atoms. The van der Waals surface area contributed by atoms with Crippen LogP contribution in [0.15, 0.2) is 47.4 Å². The Kier molecular flexibility index (Phi) is 6.95. The van der Waals surface area contributed by atoms with Gasteiger partial charge in [-0.2, -0.15) is 4.31 Å². The van der Waals surface area contributed by atoms with Crippen LogP contribution in [0.25, 0.3) is 0 Å². The van der Waals surface area contributed by atoms with Crippen molar-refractivity contribution < 1.29 is 22.7 Å². The van der Waals surface area contributed by atoms with Crippen LogP contribution in [0, 0.1) is 6.92 Å². The topological polar surface area (TPSA) is 80.8 Å². The maximum atomic E-state index is 12.9. The highest BCUT2D eigenvalue weighted by Gasteiger charge is 2.28. The average Bonchev–Trinajstić information content (AvgIpc) is 2.74. The van der Waals surface area contributed by atoms with Crippen LogP contribution in [0.4, 0.5) is 0 Å². The zero-order valence-corrected chi connectivity index (χ0v) is 18.5. The van der Waals surface area contributed by atoms with Gasteiger partial charge in [0.1, 0.15) is 0 Å². The Balaban J connectivity index is 1.79. The predicted octanol–water partition coefficient (Wildman–Crippen LogP) is 4.25. The lowest BCUT2D eigenvalue weighted by molar-refractivity contribution is 0.0318. The second-order valence-electron chi connectivity index (χ2n) is 7.38. The van der Waals surface area contributed by atoms with Gasteiger partial charge in [0.2, 0.25) is 15.8 Å². The molecule has 1 unspecified atom stereocenters. The minimum Gasteiger partial charge on any atom is -0.451 e. The lowest BCUT2D eigenvalue weighted by atomic mass is 10.1. The molecule has 3 rings (SSSR count). The third-order valence-corrected chi connectivity index (χ3v) is 7.32. The first-order valence-electron chi connectivity index (χ1n) is 9.81. The molecule has 1 saturated heterocycles. The summed E-state index contributed by atoms with van der Waals surface area (Å²) >= 11 is 6.13. The Morgan fingerprint density at radius 1 is 1.03 bits per heavy atom. The van der Waals surface area contributed by atoms with Crippen molar-refractivity contribution in [1.82, 2.24) is 4.31 Å². The fraction of sp³-hybridized carbons (Fsp3) is 0.364. The number of carbonyl (C=O) groups excluding carboxylic acids is 2. The van der Waals surface area contributed by atoms with E-state index in [4.69, 9.17) is 16.3 Å². The Morgan fingerprint density at radius 3 is 2.30 bits per heavy atom. The second-order valence-corrected chi connectivity index (χ2v) is 9.73. The minimum absolute atomic E-state index is 0.0155. The van der Waals surface area contributed by atoms with Gasteiger partial charge >= 0.3 is 5.97 Å². The van der Waals surface area contributed by atoms with Crippen LogP contribution in [0.3, 0.4) is 0 Å². The van der Waals surface area contributed by atoms with E-state index < -0.39 is 22.1 Å². The maximum absolute atomic E-state index is 12.9. The summed E-state index contributed by atoms with van der Waals surface area (Å²) in [6, 6.07) is 10.9. The lowest BCUT2D eigenvalue weighted by Crippen LogP contribution is -2.35. The number of benzene rings is 2. The van der Waals surface area contributed by atoms with Crippen LogP contribution < -0.4 is 0 Å². The van der Waals surface area contributed by atoms with E-state index in [-0.39, 0.29) is 21.3 Å². The molecule has 2 aromatic rings. The number of rotatable bonds is 6. The summed E-state index contributed by atoms with van der Waals surface area (Å²) in [4.78, 5) is 25.2. The number of halogens is 1. The van der Waals surface area contributed by atoms with E-state index in [1.54, 1.807) is 24.3 Å². The number of hydrogen-bond donors (Lipinski definition) is 0. The summed E-state index contributed by atoms with van der Waals surface area (Å²) in [7, 11) is -3.73. The largest absolute Gasteiger partial charge is 0.451 e. The van der Waals surface area contributed by atoms with Crippen molar-refractivity contribution in [3.63, 3.8) is 0 Å². The first-order chi connectivity index (χ1) is 14.2. The van der Waals surface area contributed by atoms with E-state index in [2.05, 4.69) is 0 Å². The van der Waals surface area contributed by atoms with Gasteiger partial charge in [-0.1, -0.05) is 47.9 Å². The highest BCUT2D eigenvalue weighted by atomic mass is 35.5. The molecule has 6 nitrogen and oxygen atoms in total. The highest BCUT2D eigenvalue weighted by molar-refractivity contribution is 7.89. The Morgan fingerprint density at radius 2 is 1.67 bits per heavy atom. The molecule has 0 radical (unpaired) electrons. The van der Waals surface area contributed by atoms with Gasteiger partial charge in [0.25, 0.3) is 0 Å². The summed E-state index contributed by atoms with van der Waals surface area (Å²) in [5.41, 5.74) is 1.35. The van der Waals surface area contributed by atoms with Crippen molar-refractivity contribution >= 4 is 33.4 Å². The summed E-state index contributed by atoms with van der Waals surface area (Å²) < 4.78 is 32.5. The van der Waals surface area contributed by atoms with E-state index in [9.17, 15) is 18.0 Å². The number of hydrogen-bond acceptors (Lipinski definition) is 5. The Labute approximate surface area is 181 Å². The molecule has 1 fully saturated rings. The molecular formula is C22H24ClNO5S. The first kappa shape index (κ1) is 22.5. The van der Waals surface area contributed by atoms with Crippen molar-refractivity contribution in [2.24, 2.45) is 0 Å². The summed E-state index contributed by atoms with van der Waals surface area (Å²) in [6.45, 7) is 4.28. The van der Waals surface area contributed by atoms with Crippen molar-refractivity contribution in [1.29, 1.82) is 0 Å². The molecule has 0 N–H and O–H groups in total. The van der Waals surface area contributed by atoms with E-state index in [0.717, 1.165) is 24.8 Å². The molecule has 1 atom stereocenters. The van der Waals surface area contributed by atoms with E-state index in [1.807, 2.05) is 6.92 Å². The average molecular weight is 450 g/mol.